The summed E-state index contributed by atoms with van der Waals surface area (Å²) in [6.45, 7) is 5.86. The van der Waals surface area contributed by atoms with Gasteiger partial charge >= 0.3 is 0 Å². The van der Waals surface area contributed by atoms with Gasteiger partial charge in [0, 0.05) is 45.5 Å². The molecular weight excluding hydrogens is 204 g/mol. The number of carbonyl (C=O) groups is 1. The molecule has 88 valence electrons. The van der Waals surface area contributed by atoms with E-state index in [2.05, 4.69) is 20.5 Å². The number of nitrogens with one attached hydrogen (secondary N) is 3. The van der Waals surface area contributed by atoms with Crippen molar-refractivity contribution < 1.29 is 4.79 Å². The second-order valence-corrected chi connectivity index (χ2v) is 3.93. The first kappa shape index (κ1) is 11.2. The maximum absolute atomic E-state index is 11.6. The number of amides is 1. The summed E-state index contributed by atoms with van der Waals surface area (Å²) < 4.78 is 0. The Morgan fingerprint density at radius 1 is 1.44 bits per heavy atom. The largest absolute Gasteiger partial charge is 0.357 e. The van der Waals surface area contributed by atoms with Gasteiger partial charge in [0.15, 0.2) is 0 Å². The standard InChI is InChI=1S/C11H18N4O/c16-11(10-2-1-3-13-10)14-6-9-15-7-4-12-5-8-15/h1-3,12-13H,4-9H2,(H,14,16). The van der Waals surface area contributed by atoms with Crippen molar-refractivity contribution in [1.29, 1.82) is 0 Å². The number of aromatic nitrogens is 1. The molecule has 1 saturated heterocycles. The van der Waals surface area contributed by atoms with Crippen LogP contribution in [0.15, 0.2) is 18.3 Å². The Kier molecular flexibility index (Phi) is 3.96. The molecule has 1 aliphatic heterocycles. The van der Waals surface area contributed by atoms with Crippen molar-refractivity contribution in [3.63, 3.8) is 0 Å². The summed E-state index contributed by atoms with van der Waals surface area (Å²) in [6.07, 6.45) is 1.76. The molecule has 5 heteroatoms. The predicted octanol–water partition coefficient (Wildman–Crippen LogP) is -0.350. The average molecular weight is 222 g/mol. The summed E-state index contributed by atoms with van der Waals surface area (Å²) >= 11 is 0. The van der Waals surface area contributed by atoms with Crippen molar-refractivity contribution in [1.82, 2.24) is 20.5 Å². The zero-order chi connectivity index (χ0) is 11.2. The second kappa shape index (κ2) is 5.67. The van der Waals surface area contributed by atoms with E-state index in [-0.39, 0.29) is 5.91 Å². The minimum Gasteiger partial charge on any atom is -0.357 e. The number of hydrogen-bond donors (Lipinski definition) is 3. The molecule has 0 radical (unpaired) electrons. The van der Waals surface area contributed by atoms with E-state index in [9.17, 15) is 4.79 Å². The van der Waals surface area contributed by atoms with E-state index in [0.717, 1.165) is 32.7 Å². The summed E-state index contributed by atoms with van der Waals surface area (Å²) in [6, 6.07) is 3.60. The summed E-state index contributed by atoms with van der Waals surface area (Å²) in [4.78, 5) is 16.8. The van der Waals surface area contributed by atoms with Gasteiger partial charge in [-0.2, -0.15) is 0 Å². The van der Waals surface area contributed by atoms with Crippen LogP contribution in [0.1, 0.15) is 10.5 Å². The van der Waals surface area contributed by atoms with Crippen molar-refractivity contribution in [2.45, 2.75) is 0 Å². The summed E-state index contributed by atoms with van der Waals surface area (Å²) in [5.41, 5.74) is 0.625. The van der Waals surface area contributed by atoms with Gasteiger partial charge in [0.05, 0.1) is 0 Å². The second-order valence-electron chi connectivity index (χ2n) is 3.93. The number of rotatable bonds is 4. The Morgan fingerprint density at radius 3 is 2.94 bits per heavy atom. The lowest BCUT2D eigenvalue weighted by Gasteiger charge is -2.26. The van der Waals surface area contributed by atoms with Crippen molar-refractivity contribution >= 4 is 5.91 Å². The Hall–Kier alpha value is -1.33. The first-order valence-corrected chi connectivity index (χ1v) is 5.71. The highest BCUT2D eigenvalue weighted by Crippen LogP contribution is 1.94. The van der Waals surface area contributed by atoms with Crippen LogP contribution in [-0.4, -0.2) is 55.1 Å². The molecule has 0 spiro atoms. The number of piperazine rings is 1. The molecule has 0 saturated carbocycles. The van der Waals surface area contributed by atoms with Crippen LogP contribution in [0.4, 0.5) is 0 Å². The van der Waals surface area contributed by atoms with E-state index in [1.165, 1.54) is 0 Å². The highest BCUT2D eigenvalue weighted by Gasteiger charge is 2.10. The van der Waals surface area contributed by atoms with Crippen molar-refractivity contribution in [2.75, 3.05) is 39.3 Å². The molecule has 1 amide bonds. The van der Waals surface area contributed by atoms with Crippen LogP contribution in [0, 0.1) is 0 Å². The Morgan fingerprint density at radius 2 is 2.25 bits per heavy atom. The summed E-state index contributed by atoms with van der Waals surface area (Å²) in [5, 5.41) is 6.20. The molecule has 1 fully saturated rings. The Balaban J connectivity index is 1.66. The molecular formula is C11H18N4O. The molecule has 0 aromatic carbocycles. The van der Waals surface area contributed by atoms with Gasteiger partial charge in [-0.05, 0) is 12.1 Å². The number of nitrogens with zero attached hydrogens (tertiary/aromatic N) is 1. The van der Waals surface area contributed by atoms with Crippen molar-refractivity contribution in [3.8, 4) is 0 Å². The predicted molar refractivity (Wildman–Crippen MR) is 62.4 cm³/mol. The maximum atomic E-state index is 11.6. The monoisotopic (exact) mass is 222 g/mol. The first-order valence-electron chi connectivity index (χ1n) is 5.71. The van der Waals surface area contributed by atoms with Crippen LogP contribution in [-0.2, 0) is 0 Å². The van der Waals surface area contributed by atoms with Gasteiger partial charge in [0.25, 0.3) is 5.91 Å². The Labute approximate surface area is 95.2 Å². The molecule has 1 aromatic rings. The fourth-order valence-corrected chi connectivity index (χ4v) is 1.83. The number of H-pyrrole nitrogens is 1. The van der Waals surface area contributed by atoms with E-state index < -0.39 is 0 Å². The lowest BCUT2D eigenvalue weighted by Crippen LogP contribution is -2.46. The molecule has 5 nitrogen and oxygen atoms in total. The van der Waals surface area contributed by atoms with Crippen molar-refractivity contribution in [2.24, 2.45) is 0 Å². The molecule has 1 aromatic heterocycles. The van der Waals surface area contributed by atoms with Crippen molar-refractivity contribution in [3.05, 3.63) is 24.0 Å². The topological polar surface area (TPSA) is 60.2 Å². The van der Waals surface area contributed by atoms with Gasteiger partial charge in [-0.1, -0.05) is 0 Å². The van der Waals surface area contributed by atoms with Gasteiger partial charge in [0.2, 0.25) is 0 Å². The van der Waals surface area contributed by atoms with Gasteiger partial charge in [-0.3, -0.25) is 9.69 Å². The average Bonchev–Trinajstić information content (AvgIpc) is 2.84. The maximum Gasteiger partial charge on any atom is 0.267 e. The molecule has 2 rings (SSSR count). The van der Waals surface area contributed by atoms with E-state index in [1.54, 1.807) is 12.3 Å². The minimum atomic E-state index is -0.0277. The van der Waals surface area contributed by atoms with Gasteiger partial charge in [-0.25, -0.2) is 0 Å². The fourth-order valence-electron chi connectivity index (χ4n) is 1.83. The van der Waals surface area contributed by atoms with E-state index in [0.29, 0.717) is 12.2 Å². The van der Waals surface area contributed by atoms with E-state index >= 15 is 0 Å². The highest BCUT2D eigenvalue weighted by molar-refractivity contribution is 5.92. The van der Waals surface area contributed by atoms with Crippen LogP contribution in [0.3, 0.4) is 0 Å². The zero-order valence-electron chi connectivity index (χ0n) is 9.33. The zero-order valence-corrected chi connectivity index (χ0v) is 9.33. The lowest BCUT2D eigenvalue weighted by molar-refractivity contribution is 0.0943. The third-order valence-corrected chi connectivity index (χ3v) is 2.77. The van der Waals surface area contributed by atoms with Gasteiger partial charge in [-0.15, -0.1) is 0 Å². The third-order valence-electron chi connectivity index (χ3n) is 2.77. The Bertz CT molecular complexity index is 317. The number of hydrogen-bond acceptors (Lipinski definition) is 3. The van der Waals surface area contributed by atoms with Crippen LogP contribution in [0.2, 0.25) is 0 Å². The molecule has 0 aliphatic carbocycles. The first-order chi connectivity index (χ1) is 7.86. The SMILES string of the molecule is O=C(NCCN1CCNCC1)c1ccc[nH]1. The lowest BCUT2D eigenvalue weighted by atomic mass is 10.3. The van der Waals surface area contributed by atoms with E-state index in [4.69, 9.17) is 0 Å². The molecule has 0 bridgehead atoms. The smallest absolute Gasteiger partial charge is 0.267 e. The molecule has 0 unspecified atom stereocenters. The molecule has 2 heterocycles. The van der Waals surface area contributed by atoms with Crippen LogP contribution < -0.4 is 10.6 Å². The number of carbonyl (C=O) groups excluding carboxylic acids is 1. The van der Waals surface area contributed by atoms with Crippen LogP contribution in [0.5, 0.6) is 0 Å². The summed E-state index contributed by atoms with van der Waals surface area (Å²) in [5.74, 6) is -0.0277. The van der Waals surface area contributed by atoms with Crippen LogP contribution >= 0.6 is 0 Å². The van der Waals surface area contributed by atoms with E-state index in [1.807, 2.05) is 6.07 Å². The molecule has 16 heavy (non-hydrogen) atoms. The number of aromatic amines is 1. The van der Waals surface area contributed by atoms with Crippen LogP contribution in [0.25, 0.3) is 0 Å². The van der Waals surface area contributed by atoms with Gasteiger partial charge in [0.1, 0.15) is 5.69 Å². The third kappa shape index (κ3) is 3.08. The normalized spacial score (nSPS) is 17.2. The minimum absolute atomic E-state index is 0.0277. The quantitative estimate of drug-likeness (QED) is 0.652. The molecule has 0 atom stereocenters. The molecule has 1 aliphatic rings. The molecule has 3 N–H and O–H groups in total. The summed E-state index contributed by atoms with van der Waals surface area (Å²) in [7, 11) is 0. The highest BCUT2D eigenvalue weighted by atomic mass is 16.1. The fraction of sp³-hybridized carbons (Fsp3) is 0.545. The van der Waals surface area contributed by atoms with Gasteiger partial charge < -0.3 is 15.6 Å².